The first-order valence-corrected chi connectivity index (χ1v) is 24.6. The van der Waals surface area contributed by atoms with Crippen LogP contribution in [0.3, 0.4) is 0 Å². The largest absolute Gasteiger partial charge is 0.455 e. The van der Waals surface area contributed by atoms with Crippen LogP contribution in [0.5, 0.6) is 0 Å². The van der Waals surface area contributed by atoms with Gasteiger partial charge in [0.05, 0.1) is 16.7 Å². The fourth-order valence-electron chi connectivity index (χ4n) is 11.8. The molecule has 4 aromatic heterocycles. The predicted octanol–water partition coefficient (Wildman–Crippen LogP) is 14.8. The van der Waals surface area contributed by atoms with Gasteiger partial charge in [0, 0.05) is 72.0 Å². The summed E-state index contributed by atoms with van der Waals surface area (Å²) in [5, 5.41) is 7.48. The number of hydrogen-bond acceptors (Lipinski definition) is 2. The molecule has 5 heteroatoms. The summed E-state index contributed by atoms with van der Waals surface area (Å²) in [5.41, 5.74) is 22.9. The number of rotatable bonds is 2. The van der Waals surface area contributed by atoms with Gasteiger partial charge in [-0.3, -0.25) is 4.98 Å². The molecule has 2 aliphatic heterocycles. The van der Waals surface area contributed by atoms with Crippen LogP contribution in [0.25, 0.3) is 99.3 Å². The molecular formula is C63H58BN3O. The number of pyridine rings is 1. The van der Waals surface area contributed by atoms with E-state index in [1.54, 1.807) is 0 Å². The first-order chi connectivity index (χ1) is 32.3. The molecule has 6 heterocycles. The Labute approximate surface area is 399 Å². The normalized spacial score (nSPS) is 13.9. The topological polar surface area (TPSA) is 35.9 Å². The molecular weight excluding hydrogens is 826 g/mol. The van der Waals surface area contributed by atoms with Crippen molar-refractivity contribution in [2.45, 2.75) is 105 Å². The summed E-state index contributed by atoms with van der Waals surface area (Å²) in [5.74, 6) is 0. The highest BCUT2D eigenvalue weighted by atomic mass is 16.3. The maximum atomic E-state index is 7.14. The van der Waals surface area contributed by atoms with Gasteiger partial charge in [-0.15, -0.1) is 0 Å². The van der Waals surface area contributed by atoms with Gasteiger partial charge in [-0.25, -0.2) is 0 Å². The Bertz CT molecular complexity index is 3820. The molecule has 0 unspecified atom stereocenters. The van der Waals surface area contributed by atoms with Crippen molar-refractivity contribution in [2.24, 2.45) is 0 Å². The molecule has 0 N–H and O–H groups in total. The Morgan fingerprint density at radius 2 is 0.897 bits per heavy atom. The van der Waals surface area contributed by atoms with Gasteiger partial charge < -0.3 is 13.6 Å². The Morgan fingerprint density at radius 3 is 1.37 bits per heavy atom. The van der Waals surface area contributed by atoms with Crippen LogP contribution < -0.4 is 16.4 Å². The van der Waals surface area contributed by atoms with Gasteiger partial charge in [-0.2, -0.15) is 0 Å². The highest BCUT2D eigenvalue weighted by Crippen LogP contribution is 2.46. The molecule has 13 rings (SSSR count). The summed E-state index contributed by atoms with van der Waals surface area (Å²) in [6, 6.07) is 48.9. The van der Waals surface area contributed by atoms with E-state index in [1.807, 2.05) is 18.3 Å². The molecule has 4 nitrogen and oxygen atoms in total. The molecule has 0 saturated heterocycles. The third-order valence-corrected chi connectivity index (χ3v) is 15.6. The molecule has 0 radical (unpaired) electrons. The Kier molecular flexibility index (Phi) is 8.17. The summed E-state index contributed by atoms with van der Waals surface area (Å²) in [6.07, 6.45) is 1.86. The first kappa shape index (κ1) is 41.4. The average Bonchev–Trinajstić information content (AvgIpc) is 3.96. The highest BCUT2D eigenvalue weighted by Gasteiger charge is 2.43. The summed E-state index contributed by atoms with van der Waals surface area (Å²) >= 11 is 0. The van der Waals surface area contributed by atoms with Crippen molar-refractivity contribution >= 4 is 88.7 Å². The van der Waals surface area contributed by atoms with Crippen molar-refractivity contribution in [2.75, 3.05) is 0 Å². The SMILES string of the molecule is CC(C)(C)c1ccc2c(c1)c1cc(C(C)(C)C)cc3c1n2-c1cc(-c2cccc4c2oc2c(-c5ccccn5)cccc24)cc2c1B3c1cc(C(C)(C)C)cc3c4cc(C(C)(C)C)ccc4n-2c13. The third kappa shape index (κ3) is 5.71. The summed E-state index contributed by atoms with van der Waals surface area (Å²) in [7, 11) is 0. The molecule has 68 heavy (non-hydrogen) atoms. The lowest BCUT2D eigenvalue weighted by atomic mass is 9.34. The second-order valence-electron chi connectivity index (χ2n) is 24.1. The summed E-state index contributed by atoms with van der Waals surface area (Å²) < 4.78 is 12.4. The molecule has 0 aliphatic carbocycles. The Hall–Kier alpha value is -6.85. The number of benzene rings is 7. The summed E-state index contributed by atoms with van der Waals surface area (Å²) in [4.78, 5) is 4.76. The number of fused-ring (bicyclic) bond motifs is 13. The number of hydrogen-bond donors (Lipinski definition) is 0. The van der Waals surface area contributed by atoms with Gasteiger partial charge in [-0.1, -0.05) is 144 Å². The molecule has 7 aromatic carbocycles. The lowest BCUT2D eigenvalue weighted by molar-refractivity contribution is 0.590. The molecule has 2 aliphatic rings. The fraction of sp³-hybridized carbons (Fsp3) is 0.254. The highest BCUT2D eigenvalue weighted by molar-refractivity contribution is 7.00. The minimum Gasteiger partial charge on any atom is -0.455 e. The van der Waals surface area contributed by atoms with Crippen molar-refractivity contribution < 1.29 is 4.42 Å². The minimum absolute atomic E-state index is 0.00405. The lowest BCUT2D eigenvalue weighted by Gasteiger charge is -2.36. The van der Waals surface area contributed by atoms with E-state index < -0.39 is 0 Å². The van der Waals surface area contributed by atoms with Gasteiger partial charge in [-0.05, 0) is 133 Å². The summed E-state index contributed by atoms with van der Waals surface area (Å²) in [6.45, 7) is 28.2. The molecule has 0 bridgehead atoms. The average molecular weight is 884 g/mol. The maximum absolute atomic E-state index is 7.14. The fourth-order valence-corrected chi connectivity index (χ4v) is 11.8. The van der Waals surface area contributed by atoms with Crippen LogP contribution in [-0.4, -0.2) is 20.8 Å². The van der Waals surface area contributed by atoms with Gasteiger partial charge in [0.2, 0.25) is 0 Å². The van der Waals surface area contributed by atoms with Crippen LogP contribution in [0.4, 0.5) is 0 Å². The smallest absolute Gasteiger partial charge is 0.252 e. The van der Waals surface area contributed by atoms with Crippen LogP contribution in [0, 0.1) is 0 Å². The maximum Gasteiger partial charge on any atom is 0.252 e. The van der Waals surface area contributed by atoms with E-state index in [-0.39, 0.29) is 28.4 Å². The Balaban J connectivity index is 1.22. The van der Waals surface area contributed by atoms with E-state index in [2.05, 4.69) is 207 Å². The van der Waals surface area contributed by atoms with Crippen LogP contribution in [0.2, 0.25) is 0 Å². The van der Waals surface area contributed by atoms with Gasteiger partial charge in [0.15, 0.2) is 0 Å². The molecule has 0 saturated carbocycles. The van der Waals surface area contributed by atoms with Gasteiger partial charge in [0.1, 0.15) is 11.2 Å². The van der Waals surface area contributed by atoms with E-state index in [1.165, 1.54) is 93.6 Å². The molecule has 0 spiro atoms. The van der Waals surface area contributed by atoms with Crippen molar-refractivity contribution in [3.05, 3.63) is 156 Å². The van der Waals surface area contributed by atoms with Crippen LogP contribution in [0.15, 0.2) is 138 Å². The van der Waals surface area contributed by atoms with Crippen molar-refractivity contribution in [1.82, 2.24) is 14.1 Å². The zero-order valence-electron chi connectivity index (χ0n) is 41.5. The monoisotopic (exact) mass is 883 g/mol. The van der Waals surface area contributed by atoms with Crippen molar-refractivity contribution in [3.63, 3.8) is 0 Å². The molecule has 334 valence electrons. The molecule has 0 fully saturated rings. The zero-order valence-corrected chi connectivity index (χ0v) is 41.5. The predicted molar refractivity (Wildman–Crippen MR) is 291 cm³/mol. The minimum atomic E-state index is -0.0646. The first-order valence-electron chi connectivity index (χ1n) is 24.6. The number of furan rings is 1. The number of para-hydroxylation sites is 2. The number of nitrogens with zero attached hydrogens (tertiary/aromatic N) is 3. The Morgan fingerprint density at radius 1 is 0.426 bits per heavy atom. The van der Waals surface area contributed by atoms with E-state index >= 15 is 0 Å². The standard InChI is InChI=1S/C63H58BN3O/c1-60(2,3)36-22-24-51-44(29-36)46-31-38(62(7,8)9)33-48-56(46)66(51)53-27-35(40-17-15-18-41-42-19-16-20-43(59(42)68-58(40)41)50-21-13-14-26-65-50)28-54-55(53)64(48)49-34-39(63(10,11)12)32-47-45-30-37(61(4,5)6)23-25-52(45)67(54)57(47)49/h13-34H,1-12H3. The van der Waals surface area contributed by atoms with E-state index in [0.717, 1.165) is 44.3 Å². The van der Waals surface area contributed by atoms with Crippen LogP contribution >= 0.6 is 0 Å². The second-order valence-corrected chi connectivity index (χ2v) is 24.1. The van der Waals surface area contributed by atoms with E-state index in [0.29, 0.717) is 0 Å². The van der Waals surface area contributed by atoms with Gasteiger partial charge >= 0.3 is 0 Å². The lowest BCUT2D eigenvalue weighted by Crippen LogP contribution is -2.59. The van der Waals surface area contributed by atoms with Crippen molar-refractivity contribution in [3.8, 4) is 33.8 Å². The second kappa shape index (κ2) is 13.4. The molecule has 0 atom stereocenters. The molecule has 11 aromatic rings. The van der Waals surface area contributed by atoms with Crippen LogP contribution in [0.1, 0.15) is 105 Å². The van der Waals surface area contributed by atoms with Gasteiger partial charge in [0.25, 0.3) is 6.71 Å². The van der Waals surface area contributed by atoms with Crippen LogP contribution in [-0.2, 0) is 21.7 Å². The third-order valence-electron chi connectivity index (χ3n) is 15.6. The zero-order chi connectivity index (χ0) is 47.1. The quantitative estimate of drug-likeness (QED) is 0.162. The van der Waals surface area contributed by atoms with E-state index in [4.69, 9.17) is 9.40 Å². The van der Waals surface area contributed by atoms with E-state index in [9.17, 15) is 0 Å². The van der Waals surface area contributed by atoms with Crippen molar-refractivity contribution in [1.29, 1.82) is 0 Å². The number of aromatic nitrogens is 3. The molecule has 0 amide bonds.